The number of benzene rings is 1. The van der Waals surface area contributed by atoms with E-state index in [4.69, 9.17) is 0 Å². The zero-order valence-corrected chi connectivity index (χ0v) is 10.7. The summed E-state index contributed by atoms with van der Waals surface area (Å²) in [4.78, 5) is 13.7. The Morgan fingerprint density at radius 2 is 2.17 bits per heavy atom. The number of aliphatic hydroxyl groups is 1. The Hall–Kier alpha value is -1.39. The van der Waals surface area contributed by atoms with E-state index in [-0.39, 0.29) is 12.0 Å². The summed E-state index contributed by atoms with van der Waals surface area (Å²) in [5.74, 6) is 0.0182. The van der Waals surface area contributed by atoms with E-state index in [0.29, 0.717) is 19.6 Å². The van der Waals surface area contributed by atoms with Gasteiger partial charge in [-0.15, -0.1) is 0 Å². The summed E-state index contributed by atoms with van der Waals surface area (Å²) in [5, 5.41) is 12.3. The van der Waals surface area contributed by atoms with Gasteiger partial charge in [0.05, 0.1) is 12.6 Å². The van der Waals surface area contributed by atoms with Crippen LogP contribution in [0.1, 0.15) is 17.5 Å². The van der Waals surface area contributed by atoms with E-state index in [1.54, 1.807) is 0 Å². The minimum Gasteiger partial charge on any atom is -0.392 e. The maximum absolute atomic E-state index is 11.7. The van der Waals surface area contributed by atoms with Crippen molar-refractivity contribution in [1.29, 1.82) is 0 Å². The third kappa shape index (κ3) is 3.82. The highest BCUT2D eigenvalue weighted by molar-refractivity contribution is 5.78. The van der Waals surface area contributed by atoms with Crippen LogP contribution in [0.2, 0.25) is 0 Å². The number of aliphatic hydroxyl groups excluding tert-OH is 1. The summed E-state index contributed by atoms with van der Waals surface area (Å²) in [7, 11) is 0. The number of carbonyl (C=O) groups excluding carboxylic acids is 1. The molecule has 1 fully saturated rings. The van der Waals surface area contributed by atoms with Crippen molar-refractivity contribution in [2.24, 2.45) is 0 Å². The second kappa shape index (κ2) is 5.98. The summed E-state index contributed by atoms with van der Waals surface area (Å²) in [6.45, 7) is 4.40. The van der Waals surface area contributed by atoms with Crippen LogP contribution in [0.5, 0.6) is 0 Å². The molecular formula is C14H20N2O2. The van der Waals surface area contributed by atoms with Gasteiger partial charge in [-0.25, -0.2) is 0 Å². The lowest BCUT2D eigenvalue weighted by atomic mass is 10.1. The average molecular weight is 248 g/mol. The largest absolute Gasteiger partial charge is 0.392 e. The van der Waals surface area contributed by atoms with Gasteiger partial charge in [0.15, 0.2) is 0 Å². The van der Waals surface area contributed by atoms with Gasteiger partial charge >= 0.3 is 0 Å². The topological polar surface area (TPSA) is 52.6 Å². The van der Waals surface area contributed by atoms with Crippen molar-refractivity contribution in [3.05, 3.63) is 35.4 Å². The van der Waals surface area contributed by atoms with Crippen molar-refractivity contribution in [1.82, 2.24) is 10.2 Å². The van der Waals surface area contributed by atoms with Crippen LogP contribution in [0.4, 0.5) is 0 Å². The summed E-state index contributed by atoms with van der Waals surface area (Å²) >= 11 is 0. The summed E-state index contributed by atoms with van der Waals surface area (Å²) in [6.07, 6.45) is 0.500. The highest BCUT2D eigenvalue weighted by Crippen LogP contribution is 2.07. The number of hydrogen-bond acceptors (Lipinski definition) is 3. The molecule has 2 rings (SSSR count). The molecule has 4 heteroatoms. The van der Waals surface area contributed by atoms with Crippen LogP contribution in [0.15, 0.2) is 24.3 Å². The fraction of sp³-hybridized carbons (Fsp3) is 0.500. The first-order valence-corrected chi connectivity index (χ1v) is 6.36. The van der Waals surface area contributed by atoms with Gasteiger partial charge in [0.2, 0.25) is 5.91 Å². The SMILES string of the molecule is Cc1ccc(CNC(=O)CN2CC[C@@H](O)C2)cc1. The van der Waals surface area contributed by atoms with Gasteiger partial charge in [-0.2, -0.15) is 0 Å². The molecule has 0 radical (unpaired) electrons. The van der Waals surface area contributed by atoms with Gasteiger partial charge in [0, 0.05) is 19.6 Å². The highest BCUT2D eigenvalue weighted by Gasteiger charge is 2.21. The minimum absolute atomic E-state index is 0.0182. The zero-order valence-electron chi connectivity index (χ0n) is 10.7. The molecule has 1 aromatic carbocycles. The van der Waals surface area contributed by atoms with Gasteiger partial charge in [-0.1, -0.05) is 29.8 Å². The zero-order chi connectivity index (χ0) is 13.0. The Morgan fingerprint density at radius 3 is 2.78 bits per heavy atom. The number of likely N-dealkylation sites (tertiary alicyclic amines) is 1. The first kappa shape index (κ1) is 13.1. The molecule has 0 saturated carbocycles. The van der Waals surface area contributed by atoms with E-state index in [0.717, 1.165) is 18.5 Å². The van der Waals surface area contributed by atoms with Crippen molar-refractivity contribution >= 4 is 5.91 Å². The van der Waals surface area contributed by atoms with Crippen molar-refractivity contribution in [3.63, 3.8) is 0 Å². The lowest BCUT2D eigenvalue weighted by Gasteiger charge is -2.14. The molecule has 1 heterocycles. The van der Waals surface area contributed by atoms with Crippen LogP contribution in [-0.4, -0.2) is 41.7 Å². The molecule has 98 valence electrons. The fourth-order valence-corrected chi connectivity index (χ4v) is 2.12. The second-order valence-electron chi connectivity index (χ2n) is 4.94. The quantitative estimate of drug-likeness (QED) is 0.824. The molecule has 2 N–H and O–H groups in total. The summed E-state index contributed by atoms with van der Waals surface area (Å²) in [5.41, 5.74) is 2.33. The smallest absolute Gasteiger partial charge is 0.234 e. The number of β-amino-alcohol motifs (C(OH)–C–C–N with tert-alkyl or cyclic N) is 1. The Kier molecular flexibility index (Phi) is 4.33. The molecule has 1 amide bonds. The molecule has 1 aromatic rings. The van der Waals surface area contributed by atoms with Crippen molar-refractivity contribution in [2.75, 3.05) is 19.6 Å². The van der Waals surface area contributed by atoms with Crippen molar-refractivity contribution in [2.45, 2.75) is 26.0 Å². The van der Waals surface area contributed by atoms with Crippen LogP contribution in [0.25, 0.3) is 0 Å². The van der Waals surface area contributed by atoms with E-state index in [1.807, 2.05) is 36.1 Å². The van der Waals surface area contributed by atoms with Crippen molar-refractivity contribution in [3.8, 4) is 0 Å². The first-order chi connectivity index (χ1) is 8.63. The molecule has 0 aromatic heterocycles. The molecule has 18 heavy (non-hydrogen) atoms. The molecule has 0 aliphatic carbocycles. The number of amides is 1. The molecular weight excluding hydrogens is 228 g/mol. The molecule has 1 atom stereocenters. The predicted molar refractivity (Wildman–Crippen MR) is 70.1 cm³/mol. The fourth-order valence-electron chi connectivity index (χ4n) is 2.12. The summed E-state index contributed by atoms with van der Waals surface area (Å²) in [6, 6.07) is 8.13. The monoisotopic (exact) mass is 248 g/mol. The van der Waals surface area contributed by atoms with Gasteiger partial charge < -0.3 is 10.4 Å². The van der Waals surface area contributed by atoms with E-state index in [1.165, 1.54) is 5.56 Å². The number of nitrogens with one attached hydrogen (secondary N) is 1. The Labute approximate surface area is 108 Å². The van der Waals surface area contributed by atoms with Crippen LogP contribution >= 0.6 is 0 Å². The number of aryl methyl sites for hydroxylation is 1. The van der Waals surface area contributed by atoms with E-state index < -0.39 is 0 Å². The van der Waals surface area contributed by atoms with Gasteiger partial charge in [-0.05, 0) is 18.9 Å². The molecule has 0 spiro atoms. The van der Waals surface area contributed by atoms with Crippen LogP contribution in [-0.2, 0) is 11.3 Å². The third-order valence-corrected chi connectivity index (χ3v) is 3.22. The van der Waals surface area contributed by atoms with Gasteiger partial charge in [0.1, 0.15) is 0 Å². The molecule has 1 saturated heterocycles. The van der Waals surface area contributed by atoms with E-state index in [2.05, 4.69) is 5.32 Å². The lowest BCUT2D eigenvalue weighted by Crippen LogP contribution is -2.36. The minimum atomic E-state index is -0.269. The summed E-state index contributed by atoms with van der Waals surface area (Å²) < 4.78 is 0. The lowest BCUT2D eigenvalue weighted by molar-refractivity contribution is -0.122. The Morgan fingerprint density at radius 1 is 1.44 bits per heavy atom. The number of hydrogen-bond donors (Lipinski definition) is 2. The number of nitrogens with zero attached hydrogens (tertiary/aromatic N) is 1. The maximum Gasteiger partial charge on any atom is 0.234 e. The predicted octanol–water partition coefficient (Wildman–Crippen LogP) is 0.678. The highest BCUT2D eigenvalue weighted by atomic mass is 16.3. The Balaban J connectivity index is 1.73. The molecule has 1 aliphatic rings. The van der Waals surface area contributed by atoms with Crippen LogP contribution in [0.3, 0.4) is 0 Å². The molecule has 0 unspecified atom stereocenters. The van der Waals surface area contributed by atoms with Crippen LogP contribution in [0, 0.1) is 6.92 Å². The normalized spacial score (nSPS) is 20.0. The number of rotatable bonds is 4. The van der Waals surface area contributed by atoms with E-state index in [9.17, 15) is 9.90 Å². The van der Waals surface area contributed by atoms with Crippen LogP contribution < -0.4 is 5.32 Å². The standard InChI is InChI=1S/C14H20N2O2/c1-11-2-4-12(5-3-11)8-15-14(18)10-16-7-6-13(17)9-16/h2-5,13,17H,6-10H2,1H3,(H,15,18)/t13-/m1/s1. The van der Waals surface area contributed by atoms with Gasteiger partial charge in [0.25, 0.3) is 0 Å². The molecule has 0 bridgehead atoms. The first-order valence-electron chi connectivity index (χ1n) is 6.36. The average Bonchev–Trinajstić information content (AvgIpc) is 2.74. The van der Waals surface area contributed by atoms with Crippen molar-refractivity contribution < 1.29 is 9.90 Å². The third-order valence-electron chi connectivity index (χ3n) is 3.22. The van der Waals surface area contributed by atoms with E-state index >= 15 is 0 Å². The molecule has 1 aliphatic heterocycles. The number of carbonyl (C=O) groups is 1. The second-order valence-corrected chi connectivity index (χ2v) is 4.94. The Bertz CT molecular complexity index is 403. The van der Waals surface area contributed by atoms with Gasteiger partial charge in [-0.3, -0.25) is 9.69 Å². The maximum atomic E-state index is 11.7. The molecule has 4 nitrogen and oxygen atoms in total.